The van der Waals surface area contributed by atoms with Crippen molar-refractivity contribution in [1.29, 1.82) is 0 Å². The number of hydrogen-bond donors (Lipinski definition) is 1. The quantitative estimate of drug-likeness (QED) is 0.680. The molecule has 0 spiro atoms. The molecule has 0 saturated carbocycles. The lowest BCUT2D eigenvalue weighted by atomic mass is 9.99. The first-order valence-corrected chi connectivity index (χ1v) is 10.5. The van der Waals surface area contributed by atoms with E-state index in [4.69, 9.17) is 0 Å². The van der Waals surface area contributed by atoms with E-state index in [-0.39, 0.29) is 17.3 Å². The van der Waals surface area contributed by atoms with Crippen LogP contribution in [0.3, 0.4) is 0 Å². The molecule has 1 heterocycles. The Balaban J connectivity index is 0.00000225. The van der Waals surface area contributed by atoms with Gasteiger partial charge in [-0.15, -0.1) is 12.4 Å². The molecule has 1 N–H and O–H groups in total. The molecule has 4 rings (SSSR count). The first-order valence-electron chi connectivity index (χ1n) is 9.01. The third-order valence-corrected chi connectivity index (χ3v) is 6.39. The predicted molar refractivity (Wildman–Crippen MR) is 116 cm³/mol. The molecule has 0 saturated heterocycles. The van der Waals surface area contributed by atoms with Crippen molar-refractivity contribution in [2.45, 2.75) is 17.9 Å². The van der Waals surface area contributed by atoms with Crippen LogP contribution < -0.4 is 4.72 Å². The zero-order valence-corrected chi connectivity index (χ0v) is 17.3. The van der Waals surface area contributed by atoms with Crippen LogP contribution >= 0.6 is 12.4 Å². The van der Waals surface area contributed by atoms with E-state index in [2.05, 4.69) is 22.7 Å². The summed E-state index contributed by atoms with van der Waals surface area (Å²) in [7, 11) is -1.66. The Morgan fingerprint density at radius 1 is 0.893 bits per heavy atom. The van der Waals surface area contributed by atoms with E-state index in [0.717, 1.165) is 30.6 Å². The summed E-state index contributed by atoms with van der Waals surface area (Å²) in [6, 6.07) is 22.6. The molecule has 6 heteroatoms. The molecule has 1 aliphatic rings. The minimum atomic E-state index is -3.71. The van der Waals surface area contributed by atoms with Crippen LogP contribution in [-0.2, 0) is 23.0 Å². The molecular weight excluding hydrogens is 392 g/mol. The number of hydrogen-bond acceptors (Lipinski definition) is 3. The Bertz CT molecular complexity index is 1070. The molecule has 0 amide bonds. The highest BCUT2D eigenvalue weighted by atomic mass is 35.5. The number of fused-ring (bicyclic) bond motifs is 1. The molecule has 0 radical (unpaired) electrons. The van der Waals surface area contributed by atoms with Gasteiger partial charge in [0.15, 0.2) is 0 Å². The molecule has 1 aliphatic heterocycles. The maximum Gasteiger partial charge on any atom is 0.262 e. The highest BCUT2D eigenvalue weighted by Crippen LogP contribution is 2.31. The van der Waals surface area contributed by atoms with Crippen molar-refractivity contribution in [3.63, 3.8) is 0 Å². The smallest absolute Gasteiger partial charge is 0.262 e. The maximum absolute atomic E-state index is 13.2. The molecule has 4 nitrogen and oxygen atoms in total. The van der Waals surface area contributed by atoms with Gasteiger partial charge in [0, 0.05) is 18.7 Å². The molecule has 146 valence electrons. The number of nitrogens with zero attached hydrogens (tertiary/aromatic N) is 1. The second kappa shape index (κ2) is 8.35. The van der Waals surface area contributed by atoms with Crippen molar-refractivity contribution >= 4 is 28.1 Å². The van der Waals surface area contributed by atoms with Crippen molar-refractivity contribution in [1.82, 2.24) is 4.90 Å². The average molecular weight is 415 g/mol. The maximum atomic E-state index is 13.2. The first-order chi connectivity index (χ1) is 13.0. The van der Waals surface area contributed by atoms with Gasteiger partial charge < -0.3 is 4.90 Å². The number of anilines is 1. The van der Waals surface area contributed by atoms with E-state index in [0.29, 0.717) is 11.3 Å². The normalized spacial score (nSPS) is 14.0. The van der Waals surface area contributed by atoms with E-state index in [9.17, 15) is 8.42 Å². The number of rotatable bonds is 4. The van der Waals surface area contributed by atoms with E-state index in [1.807, 2.05) is 54.6 Å². The van der Waals surface area contributed by atoms with Gasteiger partial charge >= 0.3 is 0 Å². The van der Waals surface area contributed by atoms with Crippen molar-refractivity contribution in [3.05, 3.63) is 83.9 Å². The minimum Gasteiger partial charge on any atom is -0.302 e. The number of halogens is 1. The minimum absolute atomic E-state index is 0. The Labute approximate surface area is 172 Å². The summed E-state index contributed by atoms with van der Waals surface area (Å²) in [6.45, 7) is 1.73. The number of sulfonamides is 1. The van der Waals surface area contributed by atoms with Crippen LogP contribution in [0.15, 0.2) is 77.7 Å². The topological polar surface area (TPSA) is 49.4 Å². The summed E-state index contributed by atoms with van der Waals surface area (Å²) in [6.07, 6.45) is 0.933. The average Bonchev–Trinajstić information content (AvgIpc) is 2.69. The summed E-state index contributed by atoms with van der Waals surface area (Å²) in [5.74, 6) is 0. The largest absolute Gasteiger partial charge is 0.302 e. The van der Waals surface area contributed by atoms with Crippen LogP contribution in [0.4, 0.5) is 5.69 Å². The van der Waals surface area contributed by atoms with Crippen molar-refractivity contribution in [3.8, 4) is 11.1 Å². The summed E-state index contributed by atoms with van der Waals surface area (Å²) in [5, 5.41) is 0. The molecule has 0 unspecified atom stereocenters. The van der Waals surface area contributed by atoms with E-state index < -0.39 is 10.0 Å². The molecule has 0 fully saturated rings. The van der Waals surface area contributed by atoms with Crippen LogP contribution in [0, 0.1) is 0 Å². The fraction of sp³-hybridized carbons (Fsp3) is 0.182. The number of benzene rings is 3. The van der Waals surface area contributed by atoms with Gasteiger partial charge in [0.25, 0.3) is 10.0 Å². The molecule has 0 atom stereocenters. The lowest BCUT2D eigenvalue weighted by Gasteiger charge is -2.27. The molecule has 3 aromatic rings. The fourth-order valence-corrected chi connectivity index (χ4v) is 4.89. The SMILES string of the molecule is CN1CCc2cccc(NS(=O)(=O)c3ccccc3-c3ccccc3)c2C1.Cl. The second-order valence-electron chi connectivity index (χ2n) is 6.90. The molecule has 3 aromatic carbocycles. The van der Waals surface area contributed by atoms with Crippen LogP contribution in [0.2, 0.25) is 0 Å². The van der Waals surface area contributed by atoms with E-state index in [1.54, 1.807) is 12.1 Å². The lowest BCUT2D eigenvalue weighted by molar-refractivity contribution is 0.313. The van der Waals surface area contributed by atoms with Gasteiger partial charge in [0.1, 0.15) is 0 Å². The van der Waals surface area contributed by atoms with Crippen LogP contribution in [0.25, 0.3) is 11.1 Å². The van der Waals surface area contributed by atoms with Crippen LogP contribution in [-0.4, -0.2) is 26.9 Å². The van der Waals surface area contributed by atoms with Gasteiger partial charge in [-0.1, -0.05) is 60.7 Å². The standard InChI is InChI=1S/C22H22N2O2S.ClH/c1-24-15-14-18-10-7-12-21(20(18)16-24)23-27(25,26)22-13-6-5-11-19(22)17-8-3-2-4-9-17;/h2-13,23H,14-16H2,1H3;1H. The highest BCUT2D eigenvalue weighted by Gasteiger charge is 2.23. The third kappa shape index (κ3) is 4.07. The zero-order valence-electron chi connectivity index (χ0n) is 15.6. The number of nitrogens with one attached hydrogen (secondary N) is 1. The number of likely N-dealkylation sites (N-methyl/N-ethyl adjacent to an activating group) is 1. The van der Waals surface area contributed by atoms with E-state index >= 15 is 0 Å². The summed E-state index contributed by atoms with van der Waals surface area (Å²) in [4.78, 5) is 2.50. The van der Waals surface area contributed by atoms with Gasteiger partial charge in [-0.2, -0.15) is 0 Å². The van der Waals surface area contributed by atoms with Crippen molar-refractivity contribution < 1.29 is 8.42 Å². The monoisotopic (exact) mass is 414 g/mol. The molecule has 0 aromatic heterocycles. The molecule has 0 bridgehead atoms. The van der Waals surface area contributed by atoms with Crippen LogP contribution in [0.1, 0.15) is 11.1 Å². The van der Waals surface area contributed by atoms with Gasteiger partial charge in [-0.05, 0) is 42.3 Å². The van der Waals surface area contributed by atoms with Crippen LogP contribution in [0.5, 0.6) is 0 Å². The summed E-state index contributed by atoms with van der Waals surface area (Å²) < 4.78 is 29.3. The van der Waals surface area contributed by atoms with E-state index in [1.165, 1.54) is 5.56 Å². The van der Waals surface area contributed by atoms with Gasteiger partial charge in [-0.3, -0.25) is 4.72 Å². The van der Waals surface area contributed by atoms with Gasteiger partial charge in [-0.25, -0.2) is 8.42 Å². The highest BCUT2D eigenvalue weighted by molar-refractivity contribution is 7.92. The molecular formula is C22H23ClN2O2S. The Kier molecular flexibility index (Phi) is 6.08. The Hall–Kier alpha value is -2.34. The third-order valence-electron chi connectivity index (χ3n) is 4.97. The van der Waals surface area contributed by atoms with Crippen molar-refractivity contribution in [2.24, 2.45) is 0 Å². The Morgan fingerprint density at radius 3 is 2.39 bits per heavy atom. The van der Waals surface area contributed by atoms with Gasteiger partial charge in [0.05, 0.1) is 10.6 Å². The lowest BCUT2D eigenvalue weighted by Crippen LogP contribution is -2.28. The summed E-state index contributed by atoms with van der Waals surface area (Å²) in [5.41, 5.74) is 4.53. The zero-order chi connectivity index (χ0) is 18.9. The first kappa shape index (κ1) is 20.4. The Morgan fingerprint density at radius 2 is 1.61 bits per heavy atom. The van der Waals surface area contributed by atoms with Crippen molar-refractivity contribution in [2.75, 3.05) is 18.3 Å². The molecule has 28 heavy (non-hydrogen) atoms. The predicted octanol–water partition coefficient (Wildman–Crippen LogP) is 4.56. The second-order valence-corrected chi connectivity index (χ2v) is 8.55. The molecule has 0 aliphatic carbocycles. The summed E-state index contributed by atoms with van der Waals surface area (Å²) >= 11 is 0. The fourth-order valence-electron chi connectivity index (χ4n) is 3.57. The van der Waals surface area contributed by atoms with Gasteiger partial charge in [0.2, 0.25) is 0 Å².